The van der Waals surface area contributed by atoms with Crippen molar-refractivity contribution in [3.63, 3.8) is 0 Å². The second-order valence-electron chi connectivity index (χ2n) is 11.6. The molecule has 0 radical (unpaired) electrons. The molecule has 1 amide bonds. The number of ether oxygens (including phenoxy) is 1. The summed E-state index contributed by atoms with van der Waals surface area (Å²) in [5.41, 5.74) is 2.49. The van der Waals surface area contributed by atoms with Gasteiger partial charge in [-0.3, -0.25) is 4.79 Å². The lowest BCUT2D eigenvalue weighted by atomic mass is 10.0. The maximum absolute atomic E-state index is 13.6. The van der Waals surface area contributed by atoms with Gasteiger partial charge in [0.1, 0.15) is 10.8 Å². The molecule has 1 fully saturated rings. The third kappa shape index (κ3) is 7.84. The predicted molar refractivity (Wildman–Crippen MR) is 175 cm³/mol. The molecule has 1 aromatic heterocycles. The number of halogens is 1. The molecule has 0 spiro atoms. The molecule has 0 unspecified atom stereocenters. The molecule has 5 rings (SSSR count). The Hall–Kier alpha value is -4.03. The third-order valence-electron chi connectivity index (χ3n) is 7.90. The van der Waals surface area contributed by atoms with Crippen molar-refractivity contribution in [3.05, 3.63) is 58.7 Å². The number of amides is 1. The van der Waals surface area contributed by atoms with Gasteiger partial charge in [-0.1, -0.05) is 30.7 Å². The van der Waals surface area contributed by atoms with Crippen LogP contribution in [0.4, 0.5) is 23.1 Å². The molecule has 2 aliphatic rings. The van der Waals surface area contributed by atoms with Gasteiger partial charge >= 0.3 is 6.15 Å². The van der Waals surface area contributed by atoms with Crippen molar-refractivity contribution in [1.82, 2.24) is 19.8 Å². The number of anilines is 4. The van der Waals surface area contributed by atoms with Crippen LogP contribution in [-0.2, 0) is 26.0 Å². The molecule has 2 aromatic carbocycles. The molecule has 3 heterocycles. The van der Waals surface area contributed by atoms with Crippen molar-refractivity contribution in [2.75, 3.05) is 30.3 Å². The number of fused-ring (bicyclic) bond motifs is 1. The Balaban J connectivity index is 0.00000154. The number of sulfone groups is 1. The van der Waals surface area contributed by atoms with Gasteiger partial charge in [0.25, 0.3) is 5.91 Å². The average molecular weight is 671 g/mol. The van der Waals surface area contributed by atoms with E-state index in [0.717, 1.165) is 38.0 Å². The number of aromatic nitrogens is 2. The molecule has 46 heavy (non-hydrogen) atoms. The lowest BCUT2D eigenvalue weighted by Gasteiger charge is -2.36. The summed E-state index contributed by atoms with van der Waals surface area (Å²) in [7, 11) is -3.56. The number of likely N-dealkylation sites (tertiary alicyclic amines) is 1. The molecule has 0 aliphatic carbocycles. The Labute approximate surface area is 274 Å². The minimum atomic E-state index is -3.56. The maximum atomic E-state index is 13.6. The standard InChI is InChI=1S/C31H39ClN6O4S.CO2/c1-6-37-13-11-22(12-14-37)38-18-21-15-27(42-19(2)3)26(16-23(21)30(38)39)35-31-33-17-24(32)29(36-31)34-25-9-7-8-10-28(25)43(40,41)20(4)5;2-1-3/h7-10,15-17,19-20,22H,6,11-14,18H2,1-5H3,(H2,33,34,35,36);. The van der Waals surface area contributed by atoms with Gasteiger partial charge in [0.2, 0.25) is 5.95 Å². The second-order valence-corrected chi connectivity index (χ2v) is 14.5. The van der Waals surface area contributed by atoms with Crippen molar-refractivity contribution >= 4 is 56.6 Å². The quantitative estimate of drug-likeness (QED) is 0.284. The summed E-state index contributed by atoms with van der Waals surface area (Å²) in [5.74, 6) is 1.05. The Kier molecular flexibility index (Phi) is 11.4. The zero-order valence-corrected chi connectivity index (χ0v) is 28.1. The van der Waals surface area contributed by atoms with E-state index in [4.69, 9.17) is 25.9 Å². The van der Waals surface area contributed by atoms with Crippen LogP contribution >= 0.6 is 11.6 Å². The molecule has 12 nitrogen and oxygen atoms in total. The van der Waals surface area contributed by atoms with Gasteiger partial charge in [-0.15, -0.1) is 0 Å². The number of para-hydroxylation sites is 1. The third-order valence-corrected chi connectivity index (χ3v) is 10.4. The first-order valence-electron chi connectivity index (χ1n) is 15.1. The molecule has 14 heteroatoms. The number of piperidine rings is 1. The highest BCUT2D eigenvalue weighted by atomic mass is 35.5. The molecule has 0 saturated carbocycles. The van der Waals surface area contributed by atoms with E-state index in [0.29, 0.717) is 29.2 Å². The normalized spacial score (nSPS) is 15.3. The molecule has 2 aliphatic heterocycles. The lowest BCUT2D eigenvalue weighted by Crippen LogP contribution is -2.44. The van der Waals surface area contributed by atoms with Gasteiger partial charge in [0.05, 0.1) is 33.8 Å². The van der Waals surface area contributed by atoms with E-state index < -0.39 is 15.1 Å². The largest absolute Gasteiger partial charge is 0.489 e. The van der Waals surface area contributed by atoms with E-state index in [1.807, 2.05) is 30.9 Å². The van der Waals surface area contributed by atoms with Crippen LogP contribution in [0.15, 0.2) is 47.5 Å². The van der Waals surface area contributed by atoms with Crippen LogP contribution in [-0.4, -0.2) is 77.3 Å². The molecular weight excluding hydrogens is 632 g/mol. The van der Waals surface area contributed by atoms with Gasteiger partial charge in [0.15, 0.2) is 15.7 Å². The van der Waals surface area contributed by atoms with Gasteiger partial charge in [-0.2, -0.15) is 14.6 Å². The Morgan fingerprint density at radius 2 is 1.74 bits per heavy atom. The molecule has 0 atom stereocenters. The minimum Gasteiger partial charge on any atom is -0.489 e. The number of hydrogen-bond acceptors (Lipinski definition) is 11. The van der Waals surface area contributed by atoms with E-state index in [2.05, 4.69) is 32.4 Å². The maximum Gasteiger partial charge on any atom is 0.373 e. The van der Waals surface area contributed by atoms with E-state index in [-0.39, 0.29) is 45.9 Å². The smallest absolute Gasteiger partial charge is 0.373 e. The summed E-state index contributed by atoms with van der Waals surface area (Å²) in [4.78, 5) is 43.3. The molecule has 1 saturated heterocycles. The van der Waals surface area contributed by atoms with Gasteiger partial charge in [-0.25, -0.2) is 13.4 Å². The summed E-state index contributed by atoms with van der Waals surface area (Å²) in [6, 6.07) is 10.6. The highest BCUT2D eigenvalue weighted by Gasteiger charge is 2.35. The van der Waals surface area contributed by atoms with Crippen LogP contribution in [0.2, 0.25) is 5.02 Å². The molecule has 2 N–H and O–H groups in total. The zero-order chi connectivity index (χ0) is 33.6. The number of nitrogens with zero attached hydrogens (tertiary/aromatic N) is 4. The summed E-state index contributed by atoms with van der Waals surface area (Å²) < 4.78 is 32.1. The van der Waals surface area contributed by atoms with Crippen LogP contribution < -0.4 is 15.4 Å². The minimum absolute atomic E-state index is 0.0199. The fourth-order valence-electron chi connectivity index (χ4n) is 5.49. The second kappa shape index (κ2) is 15.0. The van der Waals surface area contributed by atoms with E-state index in [9.17, 15) is 13.2 Å². The van der Waals surface area contributed by atoms with Crippen LogP contribution in [0.5, 0.6) is 5.75 Å². The highest BCUT2D eigenvalue weighted by molar-refractivity contribution is 7.92. The van der Waals surface area contributed by atoms with Crippen LogP contribution in [0.25, 0.3) is 0 Å². The predicted octanol–water partition coefficient (Wildman–Crippen LogP) is 5.44. The Morgan fingerprint density at radius 1 is 1.07 bits per heavy atom. The highest BCUT2D eigenvalue weighted by Crippen LogP contribution is 2.38. The summed E-state index contributed by atoms with van der Waals surface area (Å²) in [6.45, 7) is 12.9. The number of nitrogens with one attached hydrogen (secondary N) is 2. The fraction of sp³-hybridized carbons (Fsp3) is 0.438. The van der Waals surface area contributed by atoms with Crippen molar-refractivity contribution in [2.24, 2.45) is 0 Å². The lowest BCUT2D eigenvalue weighted by molar-refractivity contribution is -0.191. The van der Waals surface area contributed by atoms with Crippen molar-refractivity contribution in [2.45, 2.75) is 76.3 Å². The van der Waals surface area contributed by atoms with Crippen LogP contribution in [0, 0.1) is 0 Å². The summed E-state index contributed by atoms with van der Waals surface area (Å²) >= 11 is 6.44. The van der Waals surface area contributed by atoms with Crippen LogP contribution in [0.1, 0.15) is 63.4 Å². The Morgan fingerprint density at radius 3 is 2.37 bits per heavy atom. The molecular formula is C32H39ClN6O6S. The first-order chi connectivity index (χ1) is 21.9. The first-order valence-corrected chi connectivity index (χ1v) is 17.1. The number of carbonyl (C=O) groups is 1. The van der Waals surface area contributed by atoms with Crippen molar-refractivity contribution in [1.29, 1.82) is 0 Å². The molecule has 3 aromatic rings. The van der Waals surface area contributed by atoms with E-state index in [1.165, 1.54) is 6.20 Å². The topological polar surface area (TPSA) is 151 Å². The number of carbonyl (C=O) groups excluding carboxylic acids is 3. The number of hydrogen-bond donors (Lipinski definition) is 2. The van der Waals surface area contributed by atoms with Crippen molar-refractivity contribution in [3.8, 4) is 5.75 Å². The monoisotopic (exact) mass is 670 g/mol. The summed E-state index contributed by atoms with van der Waals surface area (Å²) in [6.07, 6.45) is 3.51. The summed E-state index contributed by atoms with van der Waals surface area (Å²) in [5, 5.41) is 5.90. The van der Waals surface area contributed by atoms with Gasteiger partial charge in [-0.05, 0) is 76.9 Å². The fourth-order valence-corrected chi connectivity index (χ4v) is 6.83. The SMILES string of the molecule is CCN1CCC(N2Cc3cc(OC(C)C)c(Nc4ncc(Cl)c(Nc5ccccc5S(=O)(=O)C(C)C)n4)cc3C2=O)CC1.O=C=O. The van der Waals surface area contributed by atoms with E-state index >= 15 is 0 Å². The molecule has 0 bridgehead atoms. The zero-order valence-electron chi connectivity index (χ0n) is 26.5. The van der Waals surface area contributed by atoms with E-state index in [1.54, 1.807) is 38.1 Å². The van der Waals surface area contributed by atoms with Crippen LogP contribution in [0.3, 0.4) is 0 Å². The number of benzene rings is 2. The Bertz CT molecular complexity index is 1700. The van der Waals surface area contributed by atoms with Gasteiger partial charge in [0, 0.05) is 31.2 Å². The average Bonchev–Trinajstić information content (AvgIpc) is 3.34. The molecule has 246 valence electrons. The van der Waals surface area contributed by atoms with Gasteiger partial charge < -0.3 is 25.2 Å². The van der Waals surface area contributed by atoms with Crippen molar-refractivity contribution < 1.29 is 27.5 Å². The first kappa shape index (κ1) is 34.8. The number of rotatable bonds is 10.